The second kappa shape index (κ2) is 7.24. The monoisotopic (exact) mass is 373 g/mol. The zero-order valence-corrected chi connectivity index (χ0v) is 15.2. The van der Waals surface area contributed by atoms with Gasteiger partial charge in [-0.2, -0.15) is 0 Å². The molecule has 138 valence electrons. The van der Waals surface area contributed by atoms with Crippen LogP contribution in [0, 0.1) is 18.6 Å². The molecule has 0 N–H and O–H groups in total. The number of aromatic nitrogens is 1. The summed E-state index contributed by atoms with van der Waals surface area (Å²) in [5.41, 5.74) is 2.69. The molecule has 0 spiro atoms. The van der Waals surface area contributed by atoms with E-state index < -0.39 is 11.6 Å². The molecule has 2 nitrogen and oxygen atoms in total. The molecule has 0 aliphatic carbocycles. The predicted molar refractivity (Wildman–Crippen MR) is 108 cm³/mol. The van der Waals surface area contributed by atoms with Crippen LogP contribution in [0.2, 0.25) is 0 Å². The van der Waals surface area contributed by atoms with Crippen molar-refractivity contribution in [2.75, 3.05) is 0 Å². The summed E-state index contributed by atoms with van der Waals surface area (Å²) < 4.78 is 30.5. The molecule has 28 heavy (non-hydrogen) atoms. The zero-order chi connectivity index (χ0) is 19.7. The summed E-state index contributed by atoms with van der Waals surface area (Å²) >= 11 is 0. The fourth-order valence-corrected chi connectivity index (χ4v) is 3.38. The van der Waals surface area contributed by atoms with E-state index in [1.165, 1.54) is 12.1 Å². The topological polar surface area (TPSA) is 22.0 Å². The van der Waals surface area contributed by atoms with E-state index in [9.17, 15) is 13.6 Å². The molecule has 1 aromatic heterocycles. The summed E-state index contributed by atoms with van der Waals surface area (Å²) in [4.78, 5) is 12.8. The third-order valence-corrected chi connectivity index (χ3v) is 4.75. The third kappa shape index (κ3) is 3.03. The first kappa shape index (κ1) is 17.9. The largest absolute Gasteiger partial charge is 0.309 e. The van der Waals surface area contributed by atoms with Gasteiger partial charge in [0.2, 0.25) is 0 Å². The fraction of sp³-hybridized carbons (Fsp3) is 0.0417. The predicted octanol–water partition coefficient (Wildman–Crippen LogP) is 5.76. The van der Waals surface area contributed by atoms with E-state index in [4.69, 9.17) is 0 Å². The highest BCUT2D eigenvalue weighted by atomic mass is 19.2. The van der Waals surface area contributed by atoms with Crippen molar-refractivity contribution in [1.29, 1.82) is 0 Å². The van der Waals surface area contributed by atoms with Crippen LogP contribution in [0.3, 0.4) is 0 Å². The van der Waals surface area contributed by atoms with Crippen molar-refractivity contribution in [3.05, 3.63) is 112 Å². The van der Waals surface area contributed by atoms with Crippen LogP contribution in [0.1, 0.15) is 5.56 Å². The molecule has 4 heteroatoms. The molecule has 0 aliphatic heterocycles. The Morgan fingerprint density at radius 2 is 1.43 bits per heavy atom. The molecule has 0 saturated carbocycles. The van der Waals surface area contributed by atoms with Gasteiger partial charge in [0.05, 0.1) is 11.4 Å². The molecule has 3 aromatic carbocycles. The van der Waals surface area contributed by atoms with Gasteiger partial charge in [-0.05, 0) is 36.8 Å². The molecule has 0 unspecified atom stereocenters. The lowest BCUT2D eigenvalue weighted by Crippen LogP contribution is -2.16. The molecular formula is C24H17F2NO. The highest BCUT2D eigenvalue weighted by Gasteiger charge is 2.20. The summed E-state index contributed by atoms with van der Waals surface area (Å²) in [5, 5.41) is 0. The summed E-state index contributed by atoms with van der Waals surface area (Å²) in [7, 11) is 0. The summed E-state index contributed by atoms with van der Waals surface area (Å²) in [6, 6.07) is 24.3. The van der Waals surface area contributed by atoms with Gasteiger partial charge in [-0.1, -0.05) is 54.6 Å². The minimum Gasteiger partial charge on any atom is -0.309 e. The first-order valence-electron chi connectivity index (χ1n) is 8.90. The first-order chi connectivity index (χ1) is 13.6. The van der Waals surface area contributed by atoms with Crippen molar-refractivity contribution in [2.24, 2.45) is 0 Å². The van der Waals surface area contributed by atoms with Gasteiger partial charge in [0.1, 0.15) is 0 Å². The van der Waals surface area contributed by atoms with Crippen LogP contribution in [0.15, 0.2) is 89.7 Å². The van der Waals surface area contributed by atoms with E-state index in [1.807, 2.05) is 65.2 Å². The number of pyridine rings is 1. The van der Waals surface area contributed by atoms with Crippen LogP contribution >= 0.6 is 0 Å². The lowest BCUT2D eigenvalue weighted by atomic mass is 10.0. The molecule has 0 saturated heterocycles. The van der Waals surface area contributed by atoms with E-state index >= 15 is 0 Å². The highest BCUT2D eigenvalue weighted by molar-refractivity contribution is 5.73. The number of hydrogen-bond acceptors (Lipinski definition) is 1. The molecule has 0 fully saturated rings. The van der Waals surface area contributed by atoms with Crippen molar-refractivity contribution < 1.29 is 8.78 Å². The van der Waals surface area contributed by atoms with Crippen molar-refractivity contribution in [2.45, 2.75) is 6.92 Å². The van der Waals surface area contributed by atoms with Crippen molar-refractivity contribution in [3.63, 3.8) is 0 Å². The van der Waals surface area contributed by atoms with Crippen LogP contribution < -0.4 is 5.43 Å². The van der Waals surface area contributed by atoms with E-state index in [1.54, 1.807) is 13.0 Å². The fourth-order valence-electron chi connectivity index (χ4n) is 3.38. The van der Waals surface area contributed by atoms with Gasteiger partial charge in [-0.15, -0.1) is 0 Å². The van der Waals surface area contributed by atoms with Crippen LogP contribution in [0.25, 0.3) is 28.2 Å². The Kier molecular flexibility index (Phi) is 4.62. The van der Waals surface area contributed by atoms with E-state index in [0.29, 0.717) is 17.0 Å². The minimum atomic E-state index is -0.972. The smallest absolute Gasteiger partial charge is 0.185 e. The molecule has 0 radical (unpaired) electrons. The maximum atomic E-state index is 14.7. The van der Waals surface area contributed by atoms with E-state index in [2.05, 4.69) is 0 Å². The maximum Gasteiger partial charge on any atom is 0.185 e. The Balaban J connectivity index is 2.18. The first-order valence-corrected chi connectivity index (χ1v) is 8.90. The molecule has 0 atom stereocenters. The van der Waals surface area contributed by atoms with E-state index in [-0.39, 0.29) is 11.0 Å². The number of hydrogen-bond donors (Lipinski definition) is 0. The molecule has 0 bridgehead atoms. The van der Waals surface area contributed by atoms with Gasteiger partial charge in [-0.3, -0.25) is 4.79 Å². The van der Waals surface area contributed by atoms with Crippen LogP contribution in [-0.2, 0) is 0 Å². The second-order valence-corrected chi connectivity index (χ2v) is 6.51. The van der Waals surface area contributed by atoms with Gasteiger partial charge < -0.3 is 4.57 Å². The van der Waals surface area contributed by atoms with Crippen LogP contribution in [-0.4, -0.2) is 4.57 Å². The van der Waals surface area contributed by atoms with Gasteiger partial charge in [-0.25, -0.2) is 8.78 Å². The van der Waals surface area contributed by atoms with Crippen LogP contribution in [0.4, 0.5) is 8.78 Å². The molecule has 4 aromatic rings. The highest BCUT2D eigenvalue weighted by Crippen LogP contribution is 2.33. The normalized spacial score (nSPS) is 10.8. The Bertz CT molecular complexity index is 1200. The summed E-state index contributed by atoms with van der Waals surface area (Å²) in [6.07, 6.45) is 0. The molecule has 0 aliphatic rings. The summed E-state index contributed by atoms with van der Waals surface area (Å²) in [5.74, 6) is -1.92. The average molecular weight is 373 g/mol. The summed E-state index contributed by atoms with van der Waals surface area (Å²) in [6.45, 7) is 1.64. The number of nitrogens with zero attached hydrogens (tertiary/aromatic N) is 1. The number of para-hydroxylation sites is 1. The zero-order valence-electron chi connectivity index (χ0n) is 15.2. The van der Waals surface area contributed by atoms with Crippen LogP contribution in [0.5, 0.6) is 0 Å². The van der Waals surface area contributed by atoms with E-state index in [0.717, 1.165) is 17.3 Å². The minimum absolute atomic E-state index is 0.0521. The Morgan fingerprint density at radius 3 is 2.11 bits per heavy atom. The SMILES string of the molecule is Cc1c(-c2cccc(F)c2F)n(-c2ccccc2)c(-c2ccccc2)cc1=O. The number of rotatable bonds is 3. The molecule has 1 heterocycles. The van der Waals surface area contributed by atoms with Gasteiger partial charge >= 0.3 is 0 Å². The Hall–Kier alpha value is -3.53. The lowest BCUT2D eigenvalue weighted by Gasteiger charge is -2.22. The second-order valence-electron chi connectivity index (χ2n) is 6.51. The molecular weight excluding hydrogens is 356 g/mol. The third-order valence-electron chi connectivity index (χ3n) is 4.75. The van der Waals surface area contributed by atoms with Crippen molar-refractivity contribution in [3.8, 4) is 28.2 Å². The number of halogens is 2. The standard InChI is InChI=1S/C24H17F2NO/c1-16-22(28)15-21(17-9-4-2-5-10-17)27(18-11-6-3-7-12-18)24(16)19-13-8-14-20(25)23(19)26/h2-15H,1H3. The average Bonchev–Trinajstić information content (AvgIpc) is 2.73. The van der Waals surface area contributed by atoms with Gasteiger partial charge in [0.15, 0.2) is 17.1 Å². The number of benzene rings is 3. The molecule has 4 rings (SSSR count). The Morgan fingerprint density at radius 1 is 0.786 bits per heavy atom. The Labute approximate surface area is 161 Å². The quantitative estimate of drug-likeness (QED) is 0.448. The van der Waals surface area contributed by atoms with Crippen molar-refractivity contribution >= 4 is 0 Å². The van der Waals surface area contributed by atoms with Crippen molar-refractivity contribution in [1.82, 2.24) is 4.57 Å². The lowest BCUT2D eigenvalue weighted by molar-refractivity contribution is 0.510. The van der Waals surface area contributed by atoms with Gasteiger partial charge in [0, 0.05) is 22.9 Å². The molecule has 0 amide bonds. The maximum absolute atomic E-state index is 14.7. The van der Waals surface area contributed by atoms with Gasteiger partial charge in [0.25, 0.3) is 0 Å².